The zero-order valence-corrected chi connectivity index (χ0v) is 12.6. The molecule has 2 rings (SSSR count). The fourth-order valence-electron chi connectivity index (χ4n) is 2.45. The Hall–Kier alpha value is -1.14. The second kappa shape index (κ2) is 6.54. The topological polar surface area (TPSA) is 83.3 Å². The number of hydrogen-bond donors (Lipinski definition) is 2. The minimum Gasteiger partial charge on any atom is -0.478 e. The van der Waals surface area contributed by atoms with Gasteiger partial charge in [0.1, 0.15) is 16.4 Å². The van der Waals surface area contributed by atoms with Crippen LogP contribution in [0.3, 0.4) is 0 Å². The number of carbonyl (C=O) groups is 1. The normalized spacial score (nSPS) is 22.8. The zero-order valence-electron chi connectivity index (χ0n) is 11.8. The van der Waals surface area contributed by atoms with Gasteiger partial charge in [0.05, 0.1) is 11.8 Å². The molecule has 1 aromatic heterocycles. The number of carboxylic acids is 1. The smallest absolute Gasteiger partial charge is 0.340 e. The highest BCUT2D eigenvalue weighted by molar-refractivity contribution is 8.00. The van der Waals surface area contributed by atoms with Crippen molar-refractivity contribution in [3.05, 3.63) is 17.1 Å². The highest BCUT2D eigenvalue weighted by atomic mass is 32.2. The third kappa shape index (κ3) is 3.30. The summed E-state index contributed by atoms with van der Waals surface area (Å²) in [7, 11) is 0. The lowest BCUT2D eigenvalue weighted by Gasteiger charge is -2.27. The summed E-state index contributed by atoms with van der Waals surface area (Å²) in [4.78, 5) is 20.0. The monoisotopic (exact) mass is 296 g/mol. The van der Waals surface area contributed by atoms with Crippen molar-refractivity contribution >= 4 is 17.7 Å². The molecule has 2 atom stereocenters. The molecule has 2 unspecified atom stereocenters. The standard InChI is InChI=1S/C14H20N2O3S/c1-3-11-15-8(2)12(14(18)19)13(16-11)20-10-7-5-4-6-9(10)17/h9-10,17H,3-7H2,1-2H3,(H,18,19). The molecular formula is C14H20N2O3S. The van der Waals surface area contributed by atoms with Crippen LogP contribution in [0.2, 0.25) is 0 Å². The summed E-state index contributed by atoms with van der Waals surface area (Å²) in [5.74, 6) is -0.349. The molecule has 2 N–H and O–H groups in total. The van der Waals surface area contributed by atoms with E-state index in [9.17, 15) is 15.0 Å². The van der Waals surface area contributed by atoms with Crippen LogP contribution in [0.4, 0.5) is 0 Å². The second-order valence-corrected chi connectivity index (χ2v) is 6.30. The van der Waals surface area contributed by atoms with Crippen LogP contribution < -0.4 is 0 Å². The average Bonchev–Trinajstić information content (AvgIpc) is 2.40. The van der Waals surface area contributed by atoms with Gasteiger partial charge in [0.15, 0.2) is 0 Å². The van der Waals surface area contributed by atoms with Crippen molar-refractivity contribution in [3.8, 4) is 0 Å². The molecule has 1 aliphatic rings. The van der Waals surface area contributed by atoms with Crippen molar-refractivity contribution in [1.29, 1.82) is 0 Å². The molecule has 110 valence electrons. The highest BCUT2D eigenvalue weighted by Crippen LogP contribution is 2.35. The molecular weight excluding hydrogens is 276 g/mol. The van der Waals surface area contributed by atoms with E-state index in [0.29, 0.717) is 23.0 Å². The summed E-state index contributed by atoms with van der Waals surface area (Å²) in [5.41, 5.74) is 0.669. The maximum absolute atomic E-state index is 11.4. The van der Waals surface area contributed by atoms with Crippen LogP contribution in [-0.2, 0) is 6.42 Å². The van der Waals surface area contributed by atoms with Gasteiger partial charge in [-0.2, -0.15) is 0 Å². The van der Waals surface area contributed by atoms with Gasteiger partial charge >= 0.3 is 5.97 Å². The molecule has 6 heteroatoms. The van der Waals surface area contributed by atoms with Crippen LogP contribution in [0.25, 0.3) is 0 Å². The molecule has 1 saturated carbocycles. The molecule has 20 heavy (non-hydrogen) atoms. The van der Waals surface area contributed by atoms with Gasteiger partial charge in [0.25, 0.3) is 0 Å². The summed E-state index contributed by atoms with van der Waals surface area (Å²) in [5, 5.41) is 19.9. The molecule has 1 fully saturated rings. The van der Waals surface area contributed by atoms with Crippen molar-refractivity contribution in [1.82, 2.24) is 9.97 Å². The van der Waals surface area contributed by atoms with Crippen LogP contribution in [0.5, 0.6) is 0 Å². The second-order valence-electron chi connectivity index (χ2n) is 5.07. The van der Waals surface area contributed by atoms with Gasteiger partial charge in [-0.1, -0.05) is 31.5 Å². The summed E-state index contributed by atoms with van der Waals surface area (Å²) in [6.07, 6.45) is 4.08. The third-order valence-corrected chi connectivity index (χ3v) is 4.94. The van der Waals surface area contributed by atoms with E-state index in [2.05, 4.69) is 9.97 Å². The quantitative estimate of drug-likeness (QED) is 0.830. The van der Waals surface area contributed by atoms with Gasteiger partial charge in [0.2, 0.25) is 0 Å². The Morgan fingerprint density at radius 3 is 2.65 bits per heavy atom. The van der Waals surface area contributed by atoms with Crippen molar-refractivity contribution in [2.75, 3.05) is 0 Å². The van der Waals surface area contributed by atoms with Crippen LogP contribution in [0.1, 0.15) is 54.5 Å². The molecule has 0 radical (unpaired) electrons. The van der Waals surface area contributed by atoms with Crippen molar-refractivity contribution in [2.45, 2.75) is 62.3 Å². The van der Waals surface area contributed by atoms with Gasteiger partial charge in [-0.15, -0.1) is 0 Å². The van der Waals surface area contributed by atoms with Gasteiger partial charge in [-0.05, 0) is 19.8 Å². The fourth-order valence-corrected chi connectivity index (χ4v) is 3.83. The Balaban J connectivity index is 2.33. The van der Waals surface area contributed by atoms with E-state index in [4.69, 9.17) is 0 Å². The number of hydrogen-bond acceptors (Lipinski definition) is 5. The minimum absolute atomic E-state index is 0.0286. The molecule has 1 heterocycles. The molecule has 0 spiro atoms. The van der Waals surface area contributed by atoms with E-state index in [0.717, 1.165) is 25.7 Å². The van der Waals surface area contributed by atoms with Crippen LogP contribution in [0, 0.1) is 6.92 Å². The maximum Gasteiger partial charge on any atom is 0.340 e. The fraction of sp³-hybridized carbons (Fsp3) is 0.643. The Bertz CT molecular complexity index is 507. The maximum atomic E-state index is 11.4. The lowest BCUT2D eigenvalue weighted by Crippen LogP contribution is -2.27. The van der Waals surface area contributed by atoms with E-state index in [1.807, 2.05) is 6.92 Å². The Morgan fingerprint density at radius 2 is 2.05 bits per heavy atom. The van der Waals surface area contributed by atoms with Crippen LogP contribution in [0.15, 0.2) is 5.03 Å². The first-order valence-electron chi connectivity index (χ1n) is 6.98. The van der Waals surface area contributed by atoms with E-state index in [1.54, 1.807) is 6.92 Å². The van der Waals surface area contributed by atoms with E-state index in [-0.39, 0.29) is 16.9 Å². The first kappa shape index (κ1) is 15.3. The predicted octanol–water partition coefficient (Wildman–Crippen LogP) is 2.44. The van der Waals surface area contributed by atoms with E-state index in [1.165, 1.54) is 11.8 Å². The van der Waals surface area contributed by atoms with Crippen molar-refractivity contribution < 1.29 is 15.0 Å². The number of rotatable bonds is 4. The largest absolute Gasteiger partial charge is 0.478 e. The molecule has 1 aliphatic carbocycles. The molecule has 0 aromatic carbocycles. The lowest BCUT2D eigenvalue weighted by atomic mass is 9.97. The highest BCUT2D eigenvalue weighted by Gasteiger charge is 2.27. The molecule has 0 bridgehead atoms. The van der Waals surface area contributed by atoms with Crippen molar-refractivity contribution in [2.24, 2.45) is 0 Å². The van der Waals surface area contributed by atoms with Gasteiger partial charge in [0, 0.05) is 11.7 Å². The molecule has 5 nitrogen and oxygen atoms in total. The number of thioether (sulfide) groups is 1. The van der Waals surface area contributed by atoms with Crippen molar-refractivity contribution in [3.63, 3.8) is 0 Å². The lowest BCUT2D eigenvalue weighted by molar-refractivity contribution is 0.0690. The number of aliphatic hydroxyl groups excluding tert-OH is 1. The van der Waals surface area contributed by atoms with Gasteiger partial charge in [-0.25, -0.2) is 14.8 Å². The summed E-state index contributed by atoms with van der Waals surface area (Å²) in [6, 6.07) is 0. The number of nitrogens with zero attached hydrogens (tertiary/aromatic N) is 2. The van der Waals surface area contributed by atoms with Gasteiger partial charge < -0.3 is 10.2 Å². The molecule has 0 amide bonds. The Kier molecular flexibility index (Phi) is 4.99. The average molecular weight is 296 g/mol. The summed E-state index contributed by atoms with van der Waals surface area (Å²) in [6.45, 7) is 3.64. The number of aromatic carboxylic acids is 1. The number of aliphatic hydroxyl groups is 1. The minimum atomic E-state index is -1.00. The third-order valence-electron chi connectivity index (χ3n) is 3.56. The number of aromatic nitrogens is 2. The van der Waals surface area contributed by atoms with Crippen LogP contribution in [-0.4, -0.2) is 37.5 Å². The van der Waals surface area contributed by atoms with Crippen LogP contribution >= 0.6 is 11.8 Å². The first-order valence-corrected chi connectivity index (χ1v) is 7.86. The molecule has 1 aromatic rings. The van der Waals surface area contributed by atoms with E-state index >= 15 is 0 Å². The Morgan fingerprint density at radius 1 is 1.35 bits per heavy atom. The number of aryl methyl sites for hydroxylation is 2. The van der Waals surface area contributed by atoms with Gasteiger partial charge in [-0.3, -0.25) is 0 Å². The zero-order chi connectivity index (χ0) is 14.7. The Labute approximate surface area is 122 Å². The molecule has 0 aliphatic heterocycles. The SMILES string of the molecule is CCc1nc(C)c(C(=O)O)c(SC2CCCCC2O)n1. The number of carboxylic acid groups (broad SMARTS) is 1. The first-order chi connectivity index (χ1) is 9.52. The van der Waals surface area contributed by atoms with E-state index < -0.39 is 5.97 Å². The predicted molar refractivity (Wildman–Crippen MR) is 77.2 cm³/mol. The molecule has 0 saturated heterocycles. The summed E-state index contributed by atoms with van der Waals surface area (Å²) < 4.78 is 0. The summed E-state index contributed by atoms with van der Waals surface area (Å²) >= 11 is 1.39.